The van der Waals surface area contributed by atoms with Gasteiger partial charge in [0.1, 0.15) is 5.75 Å². The van der Waals surface area contributed by atoms with Gasteiger partial charge in [-0.15, -0.1) is 6.58 Å². The molecule has 0 fully saturated rings. The van der Waals surface area contributed by atoms with Gasteiger partial charge in [0, 0.05) is 0 Å². The molecule has 1 atom stereocenters. The number of hydrogen-bond acceptors (Lipinski definition) is 6. The average molecular weight is 489 g/mol. The number of benzene rings is 2. The Morgan fingerprint density at radius 2 is 1.94 bits per heavy atom. The lowest BCUT2D eigenvalue weighted by molar-refractivity contribution is -0.139. The van der Waals surface area contributed by atoms with E-state index < -0.39 is 12.0 Å². The Bertz CT molecular complexity index is 1490. The van der Waals surface area contributed by atoms with Crippen molar-refractivity contribution < 1.29 is 14.3 Å². The van der Waals surface area contributed by atoms with E-state index in [1.54, 1.807) is 25.5 Å². The van der Waals surface area contributed by atoms with Crippen LogP contribution in [0.2, 0.25) is 0 Å². The molecule has 35 heavy (non-hydrogen) atoms. The smallest absolute Gasteiger partial charge is 0.338 e. The van der Waals surface area contributed by atoms with E-state index >= 15 is 0 Å². The fraction of sp³-hybridized carbons (Fsp3) is 0.250. The van der Waals surface area contributed by atoms with Crippen LogP contribution < -0.4 is 19.6 Å². The molecule has 0 unspecified atom stereocenters. The highest BCUT2D eigenvalue weighted by Crippen LogP contribution is 2.31. The minimum absolute atomic E-state index is 0.199. The van der Waals surface area contributed by atoms with Crippen molar-refractivity contribution in [1.82, 2.24) is 4.57 Å². The van der Waals surface area contributed by atoms with Gasteiger partial charge in [-0.2, -0.15) is 0 Å². The number of carbonyl (C=O) groups excluding carboxylic acids is 1. The monoisotopic (exact) mass is 488 g/mol. The number of nitrogens with zero attached hydrogens (tertiary/aromatic N) is 2. The molecule has 0 radical (unpaired) electrons. The first-order valence-electron chi connectivity index (χ1n) is 11.4. The zero-order valence-corrected chi connectivity index (χ0v) is 21.1. The summed E-state index contributed by atoms with van der Waals surface area (Å²) < 4.78 is 12.9. The number of esters is 1. The number of fused-ring (bicyclic) bond motifs is 1. The Labute approximate surface area is 208 Å². The molecular formula is C28H28N2O4S. The van der Waals surface area contributed by atoms with Crippen LogP contribution in [-0.2, 0) is 16.0 Å². The number of methoxy groups -OCH3 is 1. The Morgan fingerprint density at radius 3 is 2.60 bits per heavy atom. The molecule has 4 rings (SSSR count). The first-order chi connectivity index (χ1) is 16.9. The second-order valence-electron chi connectivity index (χ2n) is 8.28. The zero-order chi connectivity index (χ0) is 25.1. The van der Waals surface area contributed by atoms with E-state index in [0.29, 0.717) is 27.0 Å². The Morgan fingerprint density at radius 1 is 1.20 bits per heavy atom. The molecule has 1 aliphatic heterocycles. The minimum atomic E-state index is -0.611. The van der Waals surface area contributed by atoms with Crippen LogP contribution in [0.15, 0.2) is 76.2 Å². The van der Waals surface area contributed by atoms with Crippen molar-refractivity contribution in [3.05, 3.63) is 108 Å². The highest BCUT2D eigenvalue weighted by Gasteiger charge is 2.33. The number of thiazole rings is 1. The molecule has 7 heteroatoms. The fourth-order valence-electron chi connectivity index (χ4n) is 4.21. The molecule has 0 amide bonds. The van der Waals surface area contributed by atoms with E-state index in [0.717, 1.165) is 28.0 Å². The molecule has 3 aromatic rings. The van der Waals surface area contributed by atoms with E-state index in [4.69, 9.17) is 9.47 Å². The van der Waals surface area contributed by atoms with Crippen LogP contribution in [0.4, 0.5) is 0 Å². The molecule has 0 bridgehead atoms. The van der Waals surface area contributed by atoms with E-state index in [2.05, 4.69) is 11.6 Å². The minimum Gasteiger partial charge on any atom is -0.496 e. The maximum Gasteiger partial charge on any atom is 0.338 e. The largest absolute Gasteiger partial charge is 0.496 e. The van der Waals surface area contributed by atoms with E-state index in [-0.39, 0.29) is 12.2 Å². The third-order valence-electron chi connectivity index (χ3n) is 5.88. The first-order valence-corrected chi connectivity index (χ1v) is 12.2. The van der Waals surface area contributed by atoms with Gasteiger partial charge in [0.15, 0.2) is 4.80 Å². The molecule has 0 saturated heterocycles. The molecule has 0 aliphatic carbocycles. The third kappa shape index (κ3) is 4.77. The highest BCUT2D eigenvalue weighted by molar-refractivity contribution is 7.07. The van der Waals surface area contributed by atoms with Gasteiger partial charge in [-0.1, -0.05) is 53.3 Å². The van der Waals surface area contributed by atoms with Crippen molar-refractivity contribution in [2.24, 2.45) is 4.99 Å². The summed E-state index contributed by atoms with van der Waals surface area (Å²) >= 11 is 1.31. The standard InChI is InChI=1S/C28H28N2O4S/c1-6-8-21-15-19(11-14-22(21)33-5)16-23-26(31)30-25(20-12-9-17(3)10-13-20)24(27(32)34-7-2)18(4)29-28(30)35-23/h6,9-16,25H,1,7-8H2,2-5H3/b23-16+/t25-/m1/s1. The SMILES string of the molecule is C=CCc1cc(/C=c2/sc3n(c2=O)[C@H](c2ccc(C)cc2)C(C(=O)OCC)=C(C)N=3)ccc1OC. The van der Waals surface area contributed by atoms with Crippen molar-refractivity contribution in [1.29, 1.82) is 0 Å². The molecule has 0 saturated carbocycles. The van der Waals surface area contributed by atoms with Gasteiger partial charge in [0.25, 0.3) is 5.56 Å². The lowest BCUT2D eigenvalue weighted by Gasteiger charge is -2.24. The maximum absolute atomic E-state index is 13.7. The van der Waals surface area contributed by atoms with Crippen LogP contribution in [0.1, 0.15) is 42.1 Å². The van der Waals surface area contributed by atoms with Crippen molar-refractivity contribution >= 4 is 23.4 Å². The highest BCUT2D eigenvalue weighted by atomic mass is 32.1. The Balaban J connectivity index is 1.91. The summed E-state index contributed by atoms with van der Waals surface area (Å²) in [6, 6.07) is 13.0. The molecule has 2 heterocycles. The molecule has 180 valence electrons. The molecule has 2 aromatic carbocycles. The fourth-order valence-corrected chi connectivity index (χ4v) is 5.26. The number of aromatic nitrogens is 1. The van der Waals surface area contributed by atoms with Crippen molar-refractivity contribution in [2.45, 2.75) is 33.2 Å². The Kier molecular flexibility index (Phi) is 7.17. The van der Waals surface area contributed by atoms with Crippen LogP contribution in [0.25, 0.3) is 6.08 Å². The van der Waals surface area contributed by atoms with Crippen LogP contribution in [-0.4, -0.2) is 24.3 Å². The Hall–Kier alpha value is -3.71. The second-order valence-corrected chi connectivity index (χ2v) is 9.29. The van der Waals surface area contributed by atoms with Gasteiger partial charge >= 0.3 is 5.97 Å². The summed E-state index contributed by atoms with van der Waals surface area (Å²) in [5.41, 5.74) is 4.53. The van der Waals surface area contributed by atoms with Crippen molar-refractivity contribution in [3.63, 3.8) is 0 Å². The molecule has 0 spiro atoms. The molecule has 0 N–H and O–H groups in total. The van der Waals surface area contributed by atoms with Crippen molar-refractivity contribution in [3.8, 4) is 5.75 Å². The summed E-state index contributed by atoms with van der Waals surface area (Å²) in [6.07, 6.45) is 4.32. The van der Waals surface area contributed by atoms with E-state index in [1.807, 2.05) is 61.5 Å². The lowest BCUT2D eigenvalue weighted by Crippen LogP contribution is -2.39. The van der Waals surface area contributed by atoms with E-state index in [9.17, 15) is 9.59 Å². The van der Waals surface area contributed by atoms with Gasteiger partial charge in [-0.05, 0) is 62.1 Å². The molecular weight excluding hydrogens is 460 g/mol. The summed E-state index contributed by atoms with van der Waals surface area (Å²) in [5, 5.41) is 0. The summed E-state index contributed by atoms with van der Waals surface area (Å²) in [4.78, 5) is 31.8. The normalized spacial score (nSPS) is 15.4. The number of ether oxygens (including phenoxy) is 2. The number of rotatable bonds is 7. The zero-order valence-electron chi connectivity index (χ0n) is 20.3. The lowest BCUT2D eigenvalue weighted by atomic mass is 9.95. The van der Waals surface area contributed by atoms with Gasteiger partial charge in [-0.25, -0.2) is 9.79 Å². The van der Waals surface area contributed by atoms with Gasteiger partial charge < -0.3 is 9.47 Å². The quantitative estimate of drug-likeness (QED) is 0.374. The third-order valence-corrected chi connectivity index (χ3v) is 6.86. The van der Waals surface area contributed by atoms with Gasteiger partial charge in [-0.3, -0.25) is 9.36 Å². The van der Waals surface area contributed by atoms with Crippen LogP contribution in [0.3, 0.4) is 0 Å². The van der Waals surface area contributed by atoms with Gasteiger partial charge in [0.2, 0.25) is 0 Å². The first kappa shape index (κ1) is 24.4. The number of carbonyl (C=O) groups is 1. The summed E-state index contributed by atoms with van der Waals surface area (Å²) in [5.74, 6) is 0.315. The average Bonchev–Trinajstić information content (AvgIpc) is 3.13. The van der Waals surface area contributed by atoms with Crippen LogP contribution in [0.5, 0.6) is 5.75 Å². The molecule has 1 aliphatic rings. The van der Waals surface area contributed by atoms with Gasteiger partial charge in [0.05, 0.1) is 35.6 Å². The summed E-state index contributed by atoms with van der Waals surface area (Å²) in [7, 11) is 1.63. The number of allylic oxidation sites excluding steroid dienone is 2. The predicted molar refractivity (Wildman–Crippen MR) is 138 cm³/mol. The van der Waals surface area contributed by atoms with E-state index in [1.165, 1.54) is 11.3 Å². The summed E-state index contributed by atoms with van der Waals surface area (Å²) in [6.45, 7) is 9.61. The van der Waals surface area contributed by atoms with Crippen LogP contribution >= 0.6 is 11.3 Å². The number of hydrogen-bond donors (Lipinski definition) is 0. The molecule has 1 aromatic heterocycles. The topological polar surface area (TPSA) is 69.9 Å². The predicted octanol–water partition coefficient (Wildman–Crippen LogP) is 3.84. The van der Waals surface area contributed by atoms with Crippen molar-refractivity contribution in [2.75, 3.05) is 13.7 Å². The second kappa shape index (κ2) is 10.3. The van der Waals surface area contributed by atoms with Crippen LogP contribution in [0, 0.1) is 6.92 Å². The number of aryl methyl sites for hydroxylation is 1. The molecule has 6 nitrogen and oxygen atoms in total. The maximum atomic E-state index is 13.7.